The first-order valence-corrected chi connectivity index (χ1v) is 9.55. The molecule has 0 radical (unpaired) electrons. The van der Waals surface area contributed by atoms with Gasteiger partial charge < -0.3 is 9.42 Å². The Morgan fingerprint density at radius 2 is 2.00 bits per heavy atom. The maximum absolute atomic E-state index is 12.7. The molecule has 26 heavy (non-hydrogen) atoms. The third-order valence-electron chi connectivity index (χ3n) is 5.12. The lowest BCUT2D eigenvalue weighted by Crippen LogP contribution is -2.25. The van der Waals surface area contributed by atoms with Gasteiger partial charge in [-0.15, -0.1) is 0 Å². The van der Waals surface area contributed by atoms with Crippen LogP contribution in [-0.2, 0) is 0 Å². The van der Waals surface area contributed by atoms with Crippen molar-refractivity contribution < 1.29 is 9.32 Å². The number of amides is 1. The molecule has 3 aromatic rings. The number of carbonyl (C=O) groups is 1. The molecule has 130 valence electrons. The van der Waals surface area contributed by atoms with Gasteiger partial charge in [-0.25, -0.2) is 0 Å². The van der Waals surface area contributed by atoms with Gasteiger partial charge in [-0.1, -0.05) is 35.5 Å². The molecule has 1 aliphatic heterocycles. The highest BCUT2D eigenvalue weighted by Crippen LogP contribution is 2.42. The molecule has 0 spiro atoms. The van der Waals surface area contributed by atoms with Crippen LogP contribution in [0.3, 0.4) is 0 Å². The van der Waals surface area contributed by atoms with Crippen molar-refractivity contribution in [3.8, 4) is 11.4 Å². The summed E-state index contributed by atoms with van der Waals surface area (Å²) in [5, 5.41) is 4.16. The van der Waals surface area contributed by atoms with E-state index < -0.39 is 0 Å². The number of anilines is 1. The second-order valence-corrected chi connectivity index (χ2v) is 7.81. The van der Waals surface area contributed by atoms with Gasteiger partial charge >= 0.3 is 0 Å². The molecule has 0 unspecified atom stereocenters. The molecule has 0 N–H and O–H groups in total. The van der Waals surface area contributed by atoms with Crippen molar-refractivity contribution in [3.63, 3.8) is 0 Å². The van der Waals surface area contributed by atoms with Gasteiger partial charge in [0.1, 0.15) is 0 Å². The average Bonchev–Trinajstić information content (AvgIpc) is 3.05. The third kappa shape index (κ3) is 2.44. The zero-order valence-electron chi connectivity index (χ0n) is 14.3. The molecular weight excluding hydrogens is 346 g/mol. The van der Waals surface area contributed by atoms with Crippen molar-refractivity contribution in [1.29, 1.82) is 0 Å². The van der Waals surface area contributed by atoms with E-state index in [1.165, 1.54) is 6.42 Å². The van der Waals surface area contributed by atoms with E-state index in [1.807, 2.05) is 49.5 Å². The van der Waals surface area contributed by atoms with Crippen LogP contribution in [0, 0.1) is 0 Å². The van der Waals surface area contributed by atoms with E-state index in [0.29, 0.717) is 11.7 Å². The Morgan fingerprint density at radius 1 is 1.15 bits per heavy atom. The Labute approximate surface area is 155 Å². The molecule has 0 saturated heterocycles. The lowest BCUT2D eigenvalue weighted by molar-refractivity contribution is 0.0990. The van der Waals surface area contributed by atoms with Crippen LogP contribution < -0.4 is 4.90 Å². The minimum atomic E-state index is 0.00595. The number of hydrogen-bond acceptors (Lipinski definition) is 5. The molecule has 2 heterocycles. The van der Waals surface area contributed by atoms with Gasteiger partial charge in [0.25, 0.3) is 5.91 Å². The Bertz CT molecular complexity index is 1010. The summed E-state index contributed by atoms with van der Waals surface area (Å²) in [5.41, 5.74) is 2.53. The summed E-state index contributed by atoms with van der Waals surface area (Å²) >= 11 is 1.60. The van der Waals surface area contributed by atoms with Crippen molar-refractivity contribution in [3.05, 3.63) is 53.9 Å². The number of aromatic nitrogens is 2. The van der Waals surface area contributed by atoms with Crippen LogP contribution in [0.4, 0.5) is 5.69 Å². The molecule has 1 saturated carbocycles. The zero-order chi connectivity index (χ0) is 17.7. The Hall–Kier alpha value is -2.60. The molecule has 1 aliphatic carbocycles. The highest BCUT2D eigenvalue weighted by atomic mass is 32.2. The summed E-state index contributed by atoms with van der Waals surface area (Å²) in [7, 11) is 1.81. The SMILES string of the molecule is CN1C(=O)c2ccccc2Sc2cc(-c3noc(C4CCC4)n3)ccc21. The number of rotatable bonds is 2. The van der Waals surface area contributed by atoms with Crippen molar-refractivity contribution >= 4 is 23.4 Å². The first-order chi connectivity index (χ1) is 12.7. The number of nitrogens with zero attached hydrogens (tertiary/aromatic N) is 3. The summed E-state index contributed by atoms with van der Waals surface area (Å²) in [6.45, 7) is 0. The van der Waals surface area contributed by atoms with Crippen LogP contribution in [0.5, 0.6) is 0 Å². The first kappa shape index (κ1) is 15.6. The van der Waals surface area contributed by atoms with Crippen LogP contribution in [-0.4, -0.2) is 23.1 Å². The second-order valence-electron chi connectivity index (χ2n) is 6.73. The topological polar surface area (TPSA) is 59.2 Å². The molecule has 1 fully saturated rings. The zero-order valence-corrected chi connectivity index (χ0v) is 15.1. The van der Waals surface area contributed by atoms with E-state index >= 15 is 0 Å². The molecule has 1 aromatic heterocycles. The van der Waals surface area contributed by atoms with Gasteiger partial charge in [-0.05, 0) is 43.2 Å². The van der Waals surface area contributed by atoms with E-state index in [9.17, 15) is 4.79 Å². The van der Waals surface area contributed by atoms with Crippen LogP contribution in [0.15, 0.2) is 56.8 Å². The molecule has 5 nitrogen and oxygen atoms in total. The highest BCUT2D eigenvalue weighted by Gasteiger charge is 2.27. The average molecular weight is 363 g/mol. The summed E-state index contributed by atoms with van der Waals surface area (Å²) in [5.74, 6) is 1.78. The maximum atomic E-state index is 12.7. The standard InChI is InChI=1S/C20H17N3O2S/c1-23-15-10-9-13(18-21-19(25-22-18)12-5-4-6-12)11-17(15)26-16-8-3-2-7-14(16)20(23)24/h2-3,7-12H,4-6H2,1H3. The molecule has 1 amide bonds. The molecule has 2 aromatic carbocycles. The number of carbonyl (C=O) groups excluding carboxylic acids is 1. The van der Waals surface area contributed by atoms with Gasteiger partial charge in [-0.3, -0.25) is 4.79 Å². The fourth-order valence-electron chi connectivity index (χ4n) is 3.33. The molecule has 6 heteroatoms. The number of hydrogen-bond donors (Lipinski definition) is 0. The van der Waals surface area contributed by atoms with Gasteiger partial charge in [0.2, 0.25) is 11.7 Å². The summed E-state index contributed by atoms with van der Waals surface area (Å²) in [6, 6.07) is 13.7. The molecule has 2 aliphatic rings. The van der Waals surface area contributed by atoms with Crippen LogP contribution in [0.2, 0.25) is 0 Å². The smallest absolute Gasteiger partial charge is 0.259 e. The Morgan fingerprint density at radius 3 is 2.81 bits per heavy atom. The highest BCUT2D eigenvalue weighted by molar-refractivity contribution is 7.99. The van der Waals surface area contributed by atoms with E-state index in [2.05, 4.69) is 10.1 Å². The molecule has 0 atom stereocenters. The van der Waals surface area contributed by atoms with E-state index in [4.69, 9.17) is 4.52 Å². The minimum Gasteiger partial charge on any atom is -0.339 e. The van der Waals surface area contributed by atoms with Crippen molar-refractivity contribution in [2.45, 2.75) is 35.0 Å². The number of fused-ring (bicyclic) bond motifs is 2. The summed E-state index contributed by atoms with van der Waals surface area (Å²) in [6.07, 6.45) is 3.49. The van der Waals surface area contributed by atoms with Crippen molar-refractivity contribution in [2.75, 3.05) is 11.9 Å². The second kappa shape index (κ2) is 5.99. The van der Waals surface area contributed by atoms with Crippen molar-refractivity contribution in [1.82, 2.24) is 10.1 Å². The Balaban J connectivity index is 1.56. The lowest BCUT2D eigenvalue weighted by Gasteiger charge is -2.20. The fourth-order valence-corrected chi connectivity index (χ4v) is 4.47. The quantitative estimate of drug-likeness (QED) is 0.658. The van der Waals surface area contributed by atoms with Gasteiger partial charge in [0, 0.05) is 28.3 Å². The Kier molecular flexibility index (Phi) is 3.60. The van der Waals surface area contributed by atoms with E-state index in [0.717, 1.165) is 45.3 Å². The molecular formula is C20H17N3O2S. The van der Waals surface area contributed by atoms with Gasteiger partial charge in [0.05, 0.1) is 11.3 Å². The molecule has 0 bridgehead atoms. The van der Waals surface area contributed by atoms with Crippen LogP contribution in [0.25, 0.3) is 11.4 Å². The normalized spacial score (nSPS) is 16.7. The lowest BCUT2D eigenvalue weighted by atomic mass is 9.85. The summed E-state index contributed by atoms with van der Waals surface area (Å²) < 4.78 is 5.45. The fraction of sp³-hybridized carbons (Fsp3) is 0.250. The van der Waals surface area contributed by atoms with Crippen molar-refractivity contribution in [2.24, 2.45) is 0 Å². The predicted octanol–water partition coefficient (Wildman–Crippen LogP) is 4.75. The minimum absolute atomic E-state index is 0.00595. The van der Waals surface area contributed by atoms with Gasteiger partial charge in [-0.2, -0.15) is 4.98 Å². The summed E-state index contributed by atoms with van der Waals surface area (Å²) in [4.78, 5) is 21.0. The van der Waals surface area contributed by atoms with Crippen LogP contribution in [0.1, 0.15) is 41.4 Å². The van der Waals surface area contributed by atoms with E-state index in [1.54, 1.807) is 16.7 Å². The maximum Gasteiger partial charge on any atom is 0.259 e. The monoisotopic (exact) mass is 363 g/mol. The number of benzene rings is 2. The first-order valence-electron chi connectivity index (χ1n) is 8.73. The van der Waals surface area contributed by atoms with Gasteiger partial charge in [0.15, 0.2) is 0 Å². The third-order valence-corrected chi connectivity index (χ3v) is 6.24. The van der Waals surface area contributed by atoms with Crippen LogP contribution >= 0.6 is 11.8 Å². The van der Waals surface area contributed by atoms with E-state index in [-0.39, 0.29) is 5.91 Å². The predicted molar refractivity (Wildman–Crippen MR) is 99.6 cm³/mol. The largest absolute Gasteiger partial charge is 0.339 e. The molecule has 5 rings (SSSR count).